The molecule has 0 aromatic carbocycles. The van der Waals surface area contributed by atoms with Gasteiger partial charge in [-0.05, 0) is 73.7 Å². The number of hydrogen-bond acceptors (Lipinski definition) is 6. The van der Waals surface area contributed by atoms with Crippen LogP contribution in [0, 0.1) is 5.41 Å². The molecule has 2 aromatic rings. The van der Waals surface area contributed by atoms with Gasteiger partial charge in [-0.1, -0.05) is 33.3 Å². The van der Waals surface area contributed by atoms with E-state index in [0.717, 1.165) is 48.7 Å². The minimum absolute atomic E-state index is 0.0390. The van der Waals surface area contributed by atoms with Crippen molar-refractivity contribution in [3.8, 4) is 0 Å². The predicted molar refractivity (Wildman–Crippen MR) is 167 cm³/mol. The molecule has 3 fully saturated rings. The van der Waals surface area contributed by atoms with Crippen molar-refractivity contribution in [1.82, 2.24) is 9.97 Å². The Labute approximate surface area is 265 Å². The molecule has 2 saturated heterocycles. The molecule has 0 unspecified atom stereocenters. The lowest BCUT2D eigenvalue weighted by Gasteiger charge is -2.51. The van der Waals surface area contributed by atoms with E-state index >= 15 is 0 Å². The van der Waals surface area contributed by atoms with E-state index < -0.39 is 31.9 Å². The number of pyridine rings is 2. The minimum Gasteiger partial charge on any atom is -0.410 e. The zero-order valence-corrected chi connectivity index (χ0v) is 28.3. The third kappa shape index (κ3) is 5.50. The Morgan fingerprint density at radius 2 is 1.62 bits per heavy atom. The molecule has 45 heavy (non-hydrogen) atoms. The topological polar surface area (TPSA) is 62.7 Å². The first-order valence-corrected chi connectivity index (χ1v) is 19.7. The molecule has 2 aliphatic carbocycles. The standard InChI is InChI=1S/C35H47F3N2O4Si/c1-32(2,3)45(4,5)44-25-20-33(11-6-12-33)19-24-27(25)29-28(30(40-24)22-9-15-41-16-10-22)31(43-34(29)13-17-42-18-14-34)23-7-8-26(39-21-23)35(36,37)38/h7-8,21-22,25,31H,6,9-20H2,1-5H3/t25-,31+/m0/s1. The van der Waals surface area contributed by atoms with Gasteiger partial charge in [0, 0.05) is 73.8 Å². The molecule has 6 nitrogen and oxygen atoms in total. The Morgan fingerprint density at radius 3 is 2.20 bits per heavy atom. The van der Waals surface area contributed by atoms with E-state index in [2.05, 4.69) is 38.8 Å². The molecule has 7 rings (SSSR count). The van der Waals surface area contributed by atoms with Gasteiger partial charge in [0.1, 0.15) is 11.8 Å². The van der Waals surface area contributed by atoms with Gasteiger partial charge >= 0.3 is 6.18 Å². The van der Waals surface area contributed by atoms with Crippen LogP contribution in [0.3, 0.4) is 0 Å². The quantitative estimate of drug-likeness (QED) is 0.311. The lowest BCUT2D eigenvalue weighted by atomic mass is 9.58. The van der Waals surface area contributed by atoms with Gasteiger partial charge in [-0.25, -0.2) is 0 Å². The highest BCUT2D eigenvalue weighted by Crippen LogP contribution is 2.62. The number of ether oxygens (including phenoxy) is 3. The Kier molecular flexibility index (Phi) is 7.83. The Balaban J connectivity index is 1.46. The van der Waals surface area contributed by atoms with Gasteiger partial charge in [0.15, 0.2) is 8.32 Å². The van der Waals surface area contributed by atoms with Crippen LogP contribution in [0.15, 0.2) is 18.3 Å². The molecule has 0 N–H and O–H groups in total. The first-order valence-electron chi connectivity index (χ1n) is 16.8. The number of hydrogen-bond donors (Lipinski definition) is 0. The number of rotatable bonds is 4. The van der Waals surface area contributed by atoms with E-state index in [-0.39, 0.29) is 22.5 Å². The van der Waals surface area contributed by atoms with Crippen molar-refractivity contribution >= 4 is 8.32 Å². The first kappa shape index (κ1) is 31.7. The number of alkyl halides is 3. The smallest absolute Gasteiger partial charge is 0.410 e. The molecule has 1 saturated carbocycles. The van der Waals surface area contributed by atoms with E-state index in [1.165, 1.54) is 36.6 Å². The van der Waals surface area contributed by atoms with Crippen LogP contribution in [0.5, 0.6) is 0 Å². The Hall–Kier alpha value is -1.85. The highest BCUT2D eigenvalue weighted by atomic mass is 28.4. The van der Waals surface area contributed by atoms with E-state index in [4.69, 9.17) is 23.6 Å². The van der Waals surface area contributed by atoms with E-state index in [1.807, 2.05) is 0 Å². The fourth-order valence-corrected chi connectivity index (χ4v) is 9.46. The van der Waals surface area contributed by atoms with Crippen LogP contribution in [0.25, 0.3) is 0 Å². The van der Waals surface area contributed by atoms with Crippen molar-refractivity contribution in [3.63, 3.8) is 0 Å². The third-order valence-corrected chi connectivity index (χ3v) is 16.4. The summed E-state index contributed by atoms with van der Waals surface area (Å²) in [5, 5.41) is 0.0390. The summed E-state index contributed by atoms with van der Waals surface area (Å²) in [5.74, 6) is 0.195. The maximum atomic E-state index is 13.5. The monoisotopic (exact) mass is 644 g/mol. The molecule has 5 aliphatic rings. The fourth-order valence-electron chi connectivity index (χ4n) is 8.19. The van der Waals surface area contributed by atoms with E-state index in [9.17, 15) is 13.2 Å². The van der Waals surface area contributed by atoms with Crippen molar-refractivity contribution in [1.29, 1.82) is 0 Å². The largest absolute Gasteiger partial charge is 0.433 e. The van der Waals surface area contributed by atoms with Gasteiger partial charge in [0.25, 0.3) is 0 Å². The molecule has 0 amide bonds. The van der Waals surface area contributed by atoms with Gasteiger partial charge in [-0.3, -0.25) is 9.97 Å². The van der Waals surface area contributed by atoms with Crippen LogP contribution in [0.2, 0.25) is 18.1 Å². The molecule has 5 heterocycles. The van der Waals surface area contributed by atoms with Gasteiger partial charge in [-0.15, -0.1) is 0 Å². The van der Waals surface area contributed by atoms with E-state index in [1.54, 1.807) is 6.07 Å². The van der Waals surface area contributed by atoms with Crippen molar-refractivity contribution in [2.45, 2.75) is 127 Å². The van der Waals surface area contributed by atoms with Crippen LogP contribution in [-0.4, -0.2) is 44.7 Å². The first-order chi connectivity index (χ1) is 21.2. The molecule has 2 atom stereocenters. The lowest BCUT2D eigenvalue weighted by Crippen LogP contribution is -2.47. The average Bonchev–Trinajstić information content (AvgIpc) is 3.29. The molecule has 0 radical (unpaired) electrons. The zero-order chi connectivity index (χ0) is 31.8. The molecule has 3 aliphatic heterocycles. The van der Waals surface area contributed by atoms with Crippen LogP contribution in [0.1, 0.15) is 130 Å². The SMILES string of the molecule is CC(C)(C)[Si](C)(C)O[C@H]1CC2(CCC2)Cc2nc(C3CCOCC3)c3c(c21)C1(CCOCC1)O[C@@H]3c1ccc(C(F)(F)F)nc1. The predicted octanol–water partition coefficient (Wildman–Crippen LogP) is 8.69. The molecular formula is C35H47F3N2O4Si. The van der Waals surface area contributed by atoms with Crippen LogP contribution in [0.4, 0.5) is 13.2 Å². The molecule has 246 valence electrons. The molecule has 0 bridgehead atoms. The van der Waals surface area contributed by atoms with Crippen LogP contribution >= 0.6 is 0 Å². The summed E-state index contributed by atoms with van der Waals surface area (Å²) in [6.45, 7) is 14.0. The summed E-state index contributed by atoms with van der Waals surface area (Å²) in [6.07, 6.45) is 4.87. The molecular weight excluding hydrogens is 597 g/mol. The van der Waals surface area contributed by atoms with Crippen LogP contribution < -0.4 is 0 Å². The maximum Gasteiger partial charge on any atom is 0.433 e. The second-order valence-corrected chi connectivity index (χ2v) is 20.5. The summed E-state index contributed by atoms with van der Waals surface area (Å²) in [7, 11) is -2.18. The van der Waals surface area contributed by atoms with Gasteiger partial charge in [-0.2, -0.15) is 13.2 Å². The zero-order valence-electron chi connectivity index (χ0n) is 27.3. The fraction of sp³-hybridized carbons (Fsp3) is 0.714. The van der Waals surface area contributed by atoms with Crippen molar-refractivity contribution < 1.29 is 31.8 Å². The number of aromatic nitrogens is 2. The van der Waals surface area contributed by atoms with Crippen LogP contribution in [-0.2, 0) is 36.8 Å². The highest BCUT2D eigenvalue weighted by molar-refractivity contribution is 6.74. The van der Waals surface area contributed by atoms with E-state index in [0.29, 0.717) is 44.8 Å². The second-order valence-electron chi connectivity index (χ2n) is 15.7. The molecule has 2 spiro atoms. The summed E-state index contributed by atoms with van der Waals surface area (Å²) in [4.78, 5) is 9.48. The van der Waals surface area contributed by atoms with Crippen molar-refractivity contribution in [2.24, 2.45) is 5.41 Å². The number of fused-ring (bicyclic) bond motifs is 4. The highest BCUT2D eigenvalue weighted by Gasteiger charge is 2.55. The van der Waals surface area contributed by atoms with Gasteiger partial charge in [0.05, 0.1) is 17.4 Å². The second kappa shape index (κ2) is 11.1. The normalized spacial score (nSPS) is 26.5. The van der Waals surface area contributed by atoms with Crippen molar-refractivity contribution in [2.75, 3.05) is 26.4 Å². The third-order valence-electron chi connectivity index (χ3n) is 11.9. The Bertz CT molecular complexity index is 1420. The molecule has 10 heteroatoms. The molecule has 2 aromatic heterocycles. The Morgan fingerprint density at radius 1 is 0.933 bits per heavy atom. The average molecular weight is 645 g/mol. The number of nitrogens with zero attached hydrogens (tertiary/aromatic N) is 2. The summed E-state index contributed by atoms with van der Waals surface area (Å²) < 4.78 is 66.9. The minimum atomic E-state index is -4.51. The number of halogens is 3. The summed E-state index contributed by atoms with van der Waals surface area (Å²) in [6, 6.07) is 2.62. The van der Waals surface area contributed by atoms with Gasteiger partial charge < -0.3 is 18.6 Å². The lowest BCUT2D eigenvalue weighted by molar-refractivity contribution is -0.141. The van der Waals surface area contributed by atoms with Crippen molar-refractivity contribution in [3.05, 3.63) is 57.7 Å². The van der Waals surface area contributed by atoms with Gasteiger partial charge in [0.2, 0.25) is 0 Å². The maximum absolute atomic E-state index is 13.5. The summed E-state index contributed by atoms with van der Waals surface area (Å²) >= 11 is 0. The summed E-state index contributed by atoms with van der Waals surface area (Å²) in [5.41, 5.74) is 4.97.